The van der Waals surface area contributed by atoms with E-state index in [0.29, 0.717) is 16.4 Å². The van der Waals surface area contributed by atoms with Gasteiger partial charge in [0.2, 0.25) is 5.91 Å². The number of nitrogens with one attached hydrogen (secondary N) is 1. The van der Waals surface area contributed by atoms with Crippen molar-refractivity contribution in [2.75, 3.05) is 5.32 Å². The van der Waals surface area contributed by atoms with Crippen LogP contribution < -0.4 is 14.9 Å². The monoisotopic (exact) mass is 411 g/mol. The SMILES string of the molecule is Cc1csc(=O)n1CCC(=O)Nc1nc(-c2ccccc2OC(F)F)cs1. The lowest BCUT2D eigenvalue weighted by Crippen LogP contribution is -2.20. The summed E-state index contributed by atoms with van der Waals surface area (Å²) < 4.78 is 31.1. The van der Waals surface area contributed by atoms with Crippen LogP contribution in [0, 0.1) is 6.92 Å². The fourth-order valence-electron chi connectivity index (χ4n) is 2.40. The number of amides is 1. The van der Waals surface area contributed by atoms with Crippen LogP contribution >= 0.6 is 22.7 Å². The van der Waals surface area contributed by atoms with Gasteiger partial charge in [0.1, 0.15) is 5.75 Å². The van der Waals surface area contributed by atoms with Crippen LogP contribution in [0.1, 0.15) is 12.1 Å². The number of carbonyl (C=O) groups excluding carboxylic acids is 1. The summed E-state index contributed by atoms with van der Waals surface area (Å²) in [5.41, 5.74) is 1.65. The molecular weight excluding hydrogens is 396 g/mol. The van der Waals surface area contributed by atoms with Crippen molar-refractivity contribution in [2.24, 2.45) is 0 Å². The molecule has 1 amide bonds. The smallest absolute Gasteiger partial charge is 0.387 e. The van der Waals surface area contributed by atoms with Gasteiger partial charge in [-0.3, -0.25) is 9.59 Å². The van der Waals surface area contributed by atoms with Crippen LogP contribution in [0.15, 0.2) is 39.8 Å². The van der Waals surface area contributed by atoms with Crippen molar-refractivity contribution >= 4 is 33.7 Å². The summed E-state index contributed by atoms with van der Waals surface area (Å²) in [5.74, 6) is -0.270. The van der Waals surface area contributed by atoms with E-state index < -0.39 is 6.61 Å². The van der Waals surface area contributed by atoms with E-state index in [1.54, 1.807) is 29.0 Å². The molecule has 0 radical (unpaired) electrons. The Morgan fingerprint density at radius 1 is 1.30 bits per heavy atom. The lowest BCUT2D eigenvalue weighted by Gasteiger charge is -2.08. The molecule has 0 saturated carbocycles. The van der Waals surface area contributed by atoms with Crippen molar-refractivity contribution in [1.82, 2.24) is 9.55 Å². The van der Waals surface area contributed by atoms with Crippen molar-refractivity contribution in [3.05, 3.63) is 50.4 Å². The van der Waals surface area contributed by atoms with E-state index in [0.717, 1.165) is 17.0 Å². The number of aryl methyl sites for hydroxylation is 1. The minimum atomic E-state index is -2.94. The number of hydrogen-bond donors (Lipinski definition) is 1. The van der Waals surface area contributed by atoms with Crippen LogP contribution in [0.4, 0.5) is 13.9 Å². The van der Waals surface area contributed by atoms with Crippen LogP contribution in [-0.4, -0.2) is 22.1 Å². The molecule has 0 atom stereocenters. The first kappa shape index (κ1) is 19.2. The number of halogens is 2. The molecule has 6 nitrogen and oxygen atoms in total. The number of hydrogen-bond acceptors (Lipinski definition) is 6. The number of alkyl halides is 2. The topological polar surface area (TPSA) is 73.2 Å². The number of anilines is 1. The van der Waals surface area contributed by atoms with Gasteiger partial charge in [-0.15, -0.1) is 11.3 Å². The van der Waals surface area contributed by atoms with E-state index in [-0.39, 0.29) is 29.5 Å². The number of thiazole rings is 2. The predicted octanol–water partition coefficient (Wildman–Crippen LogP) is 3.97. The molecule has 0 saturated heterocycles. The molecule has 0 bridgehead atoms. The van der Waals surface area contributed by atoms with E-state index in [9.17, 15) is 18.4 Å². The molecule has 0 aliphatic rings. The van der Waals surface area contributed by atoms with Gasteiger partial charge in [-0.1, -0.05) is 23.5 Å². The summed E-state index contributed by atoms with van der Waals surface area (Å²) >= 11 is 2.27. The minimum absolute atomic E-state index is 0.0167. The molecule has 2 heterocycles. The van der Waals surface area contributed by atoms with Crippen molar-refractivity contribution in [3.63, 3.8) is 0 Å². The van der Waals surface area contributed by atoms with Gasteiger partial charge in [-0.05, 0) is 19.1 Å². The van der Waals surface area contributed by atoms with Crippen LogP contribution in [-0.2, 0) is 11.3 Å². The normalized spacial score (nSPS) is 11.0. The van der Waals surface area contributed by atoms with Crippen molar-refractivity contribution in [1.29, 1.82) is 0 Å². The Morgan fingerprint density at radius 3 is 2.78 bits per heavy atom. The Bertz CT molecular complexity index is 997. The number of carbonyl (C=O) groups is 1. The molecule has 0 unspecified atom stereocenters. The zero-order valence-electron chi connectivity index (χ0n) is 14.1. The molecule has 1 N–H and O–H groups in total. The van der Waals surface area contributed by atoms with Gasteiger partial charge in [0.15, 0.2) is 5.13 Å². The second kappa shape index (κ2) is 8.40. The quantitative estimate of drug-likeness (QED) is 0.638. The highest BCUT2D eigenvalue weighted by atomic mass is 32.1. The third kappa shape index (κ3) is 4.77. The average Bonchev–Trinajstić information content (AvgIpc) is 3.20. The molecule has 10 heteroatoms. The first-order valence-corrected chi connectivity index (χ1v) is 9.64. The summed E-state index contributed by atoms with van der Waals surface area (Å²) in [6, 6.07) is 6.32. The van der Waals surface area contributed by atoms with Gasteiger partial charge in [0.05, 0.1) is 5.69 Å². The summed E-state index contributed by atoms with van der Waals surface area (Å²) in [6.45, 7) is -0.849. The molecular formula is C17H15F2N3O3S2. The minimum Gasteiger partial charge on any atom is -0.434 e. The number of benzene rings is 1. The van der Waals surface area contributed by atoms with Gasteiger partial charge < -0.3 is 14.6 Å². The zero-order chi connectivity index (χ0) is 19.4. The lowest BCUT2D eigenvalue weighted by atomic mass is 10.1. The van der Waals surface area contributed by atoms with Crippen LogP contribution in [0.25, 0.3) is 11.3 Å². The molecule has 0 aliphatic carbocycles. The maximum absolute atomic E-state index is 12.5. The average molecular weight is 411 g/mol. The van der Waals surface area contributed by atoms with Crippen LogP contribution in [0.5, 0.6) is 5.75 Å². The van der Waals surface area contributed by atoms with Gasteiger partial charge in [0, 0.05) is 35.0 Å². The molecule has 0 aliphatic heterocycles. The van der Waals surface area contributed by atoms with Gasteiger partial charge in [-0.25, -0.2) is 4.98 Å². The van der Waals surface area contributed by atoms with Gasteiger partial charge >= 0.3 is 11.5 Å². The van der Waals surface area contributed by atoms with Crippen molar-refractivity contribution in [3.8, 4) is 17.0 Å². The summed E-state index contributed by atoms with van der Waals surface area (Å²) in [4.78, 5) is 27.9. The summed E-state index contributed by atoms with van der Waals surface area (Å²) in [7, 11) is 0. The van der Waals surface area contributed by atoms with E-state index >= 15 is 0 Å². The molecule has 1 aromatic carbocycles. The van der Waals surface area contributed by atoms with Gasteiger partial charge in [-0.2, -0.15) is 8.78 Å². The summed E-state index contributed by atoms with van der Waals surface area (Å²) in [5, 5.41) is 6.40. The molecule has 27 heavy (non-hydrogen) atoms. The highest BCUT2D eigenvalue weighted by molar-refractivity contribution is 7.14. The predicted molar refractivity (Wildman–Crippen MR) is 101 cm³/mol. The summed E-state index contributed by atoms with van der Waals surface area (Å²) in [6.07, 6.45) is 0.122. The maximum atomic E-state index is 12.5. The van der Waals surface area contributed by atoms with E-state index in [1.807, 2.05) is 6.92 Å². The standard InChI is InChI=1S/C17H15F2N3O3S2/c1-10-8-27-17(24)22(10)7-6-14(23)21-16-20-12(9-26-16)11-4-2-3-5-13(11)25-15(18)19/h2-5,8-9,15H,6-7H2,1H3,(H,20,21,23). The maximum Gasteiger partial charge on any atom is 0.387 e. The number of nitrogens with zero attached hydrogens (tertiary/aromatic N) is 2. The van der Waals surface area contributed by atoms with E-state index in [4.69, 9.17) is 0 Å². The first-order chi connectivity index (χ1) is 12.9. The Labute approximate surface area is 161 Å². The fourth-order valence-corrected chi connectivity index (χ4v) is 3.89. The van der Waals surface area contributed by atoms with E-state index in [1.165, 1.54) is 22.0 Å². The second-order valence-electron chi connectivity index (χ2n) is 5.51. The van der Waals surface area contributed by atoms with Crippen LogP contribution in [0.3, 0.4) is 0 Å². The van der Waals surface area contributed by atoms with Crippen LogP contribution in [0.2, 0.25) is 0 Å². The highest BCUT2D eigenvalue weighted by Crippen LogP contribution is 2.33. The Balaban J connectivity index is 1.66. The number of ether oxygens (including phenoxy) is 1. The largest absolute Gasteiger partial charge is 0.434 e. The van der Waals surface area contributed by atoms with E-state index in [2.05, 4.69) is 15.0 Å². The first-order valence-electron chi connectivity index (χ1n) is 7.88. The molecule has 2 aromatic heterocycles. The number of aromatic nitrogens is 2. The second-order valence-corrected chi connectivity index (χ2v) is 7.18. The third-order valence-corrected chi connectivity index (χ3v) is 5.31. The molecule has 3 rings (SSSR count). The zero-order valence-corrected chi connectivity index (χ0v) is 15.8. The Kier molecular flexibility index (Phi) is 5.97. The highest BCUT2D eigenvalue weighted by Gasteiger charge is 2.14. The van der Waals surface area contributed by atoms with Crippen molar-refractivity contribution < 1.29 is 18.3 Å². The van der Waals surface area contributed by atoms with Gasteiger partial charge in [0.25, 0.3) is 0 Å². The third-order valence-electron chi connectivity index (χ3n) is 3.67. The Morgan fingerprint density at radius 2 is 2.07 bits per heavy atom. The molecule has 3 aromatic rings. The number of para-hydroxylation sites is 1. The molecule has 0 fully saturated rings. The number of rotatable bonds is 7. The Hall–Kier alpha value is -2.59. The molecule has 142 valence electrons. The lowest BCUT2D eigenvalue weighted by molar-refractivity contribution is -0.116. The molecule has 0 spiro atoms. The fraction of sp³-hybridized carbons (Fsp3) is 0.235. The van der Waals surface area contributed by atoms with Crippen molar-refractivity contribution in [2.45, 2.75) is 26.5 Å².